The molecule has 21 heavy (non-hydrogen) atoms. The molecule has 0 radical (unpaired) electrons. The van der Waals surface area contributed by atoms with Crippen LogP contribution in [0.4, 0.5) is 0 Å². The molecule has 0 spiro atoms. The van der Waals surface area contributed by atoms with Crippen LogP contribution in [0.15, 0.2) is 42.0 Å². The summed E-state index contributed by atoms with van der Waals surface area (Å²) < 4.78 is 0. The Labute approximate surface area is 123 Å². The largest absolute Gasteiger partial charge is 0.508 e. The lowest BCUT2D eigenvalue weighted by molar-refractivity contribution is -0.117. The van der Waals surface area contributed by atoms with E-state index in [1.165, 1.54) is 6.08 Å². The van der Waals surface area contributed by atoms with E-state index in [-0.39, 0.29) is 11.3 Å². The molecule has 2 aromatic carbocycles. The molecule has 0 fully saturated rings. The fourth-order valence-corrected chi connectivity index (χ4v) is 2.08. The molecule has 0 aliphatic heterocycles. The lowest BCUT2D eigenvalue weighted by Gasteiger charge is -2.06. The number of hydrogen-bond donors (Lipinski definition) is 2. The van der Waals surface area contributed by atoms with Crippen molar-refractivity contribution < 1.29 is 9.90 Å². The topological polar surface area (TPSA) is 73.1 Å². The molecular formula is C17H16N2O2. The quantitative estimate of drug-likeness (QED) is 0.668. The fraction of sp³-hybridized carbons (Fsp3) is 0.176. The zero-order valence-electron chi connectivity index (χ0n) is 11.8. The minimum atomic E-state index is -0.397. The SMILES string of the molecule is CCCNC(=O)/C(C#N)=C/c1cc(O)cc2ccccc12. The monoisotopic (exact) mass is 280 g/mol. The highest BCUT2D eigenvalue weighted by Gasteiger charge is 2.09. The van der Waals surface area contributed by atoms with Crippen LogP contribution in [0, 0.1) is 11.3 Å². The van der Waals surface area contributed by atoms with Gasteiger partial charge in [0.1, 0.15) is 17.4 Å². The molecular weight excluding hydrogens is 264 g/mol. The van der Waals surface area contributed by atoms with Crippen LogP contribution in [0.25, 0.3) is 16.8 Å². The van der Waals surface area contributed by atoms with Crippen molar-refractivity contribution in [1.82, 2.24) is 5.32 Å². The first-order valence-corrected chi connectivity index (χ1v) is 6.77. The Hall–Kier alpha value is -2.80. The molecule has 0 heterocycles. The summed E-state index contributed by atoms with van der Waals surface area (Å²) >= 11 is 0. The average Bonchev–Trinajstić information content (AvgIpc) is 2.49. The second-order valence-electron chi connectivity index (χ2n) is 4.68. The van der Waals surface area contributed by atoms with E-state index >= 15 is 0 Å². The van der Waals surface area contributed by atoms with Gasteiger partial charge in [0.15, 0.2) is 0 Å². The van der Waals surface area contributed by atoms with Gasteiger partial charge in [-0.1, -0.05) is 31.2 Å². The van der Waals surface area contributed by atoms with Crippen molar-refractivity contribution in [3.8, 4) is 11.8 Å². The van der Waals surface area contributed by atoms with Gasteiger partial charge in [-0.3, -0.25) is 4.79 Å². The molecule has 4 heteroatoms. The number of nitrogens with one attached hydrogen (secondary N) is 1. The number of phenolic OH excluding ortho intramolecular Hbond substituents is 1. The Kier molecular flexibility index (Phi) is 4.57. The smallest absolute Gasteiger partial charge is 0.261 e. The van der Waals surface area contributed by atoms with E-state index in [0.29, 0.717) is 12.1 Å². The number of hydrogen-bond acceptors (Lipinski definition) is 3. The molecule has 4 nitrogen and oxygen atoms in total. The predicted molar refractivity (Wildman–Crippen MR) is 82.5 cm³/mol. The minimum Gasteiger partial charge on any atom is -0.508 e. The molecule has 0 saturated heterocycles. The summed E-state index contributed by atoms with van der Waals surface area (Å²) in [5.41, 5.74) is 0.674. The summed E-state index contributed by atoms with van der Waals surface area (Å²) in [6.07, 6.45) is 2.31. The van der Waals surface area contributed by atoms with Gasteiger partial charge in [-0.2, -0.15) is 5.26 Å². The summed E-state index contributed by atoms with van der Waals surface area (Å²) in [4.78, 5) is 11.9. The zero-order valence-corrected chi connectivity index (χ0v) is 11.8. The van der Waals surface area contributed by atoms with Crippen molar-refractivity contribution in [1.29, 1.82) is 5.26 Å². The number of phenols is 1. The number of fused-ring (bicyclic) bond motifs is 1. The zero-order chi connectivity index (χ0) is 15.2. The highest BCUT2D eigenvalue weighted by atomic mass is 16.3. The summed E-state index contributed by atoms with van der Waals surface area (Å²) in [5.74, 6) is -0.294. The average molecular weight is 280 g/mol. The summed E-state index contributed by atoms with van der Waals surface area (Å²) in [7, 11) is 0. The van der Waals surface area contributed by atoms with Gasteiger partial charge in [0.25, 0.3) is 5.91 Å². The second kappa shape index (κ2) is 6.58. The van der Waals surface area contributed by atoms with Gasteiger partial charge in [-0.05, 0) is 41.0 Å². The number of nitrogens with zero attached hydrogens (tertiary/aromatic N) is 1. The Morgan fingerprint density at radius 1 is 1.38 bits per heavy atom. The molecule has 0 aliphatic carbocycles. The van der Waals surface area contributed by atoms with E-state index < -0.39 is 5.91 Å². The molecule has 0 saturated carbocycles. The van der Waals surface area contributed by atoms with Crippen LogP contribution >= 0.6 is 0 Å². The van der Waals surface area contributed by atoms with Crippen molar-refractivity contribution >= 4 is 22.8 Å². The van der Waals surface area contributed by atoms with Crippen LogP contribution in [0.3, 0.4) is 0 Å². The number of carbonyl (C=O) groups excluding carboxylic acids is 1. The summed E-state index contributed by atoms with van der Waals surface area (Å²) in [6.45, 7) is 2.47. The van der Waals surface area contributed by atoms with Crippen LogP contribution in [-0.4, -0.2) is 17.6 Å². The van der Waals surface area contributed by atoms with E-state index in [9.17, 15) is 9.90 Å². The normalized spacial score (nSPS) is 11.1. The third-order valence-electron chi connectivity index (χ3n) is 3.08. The van der Waals surface area contributed by atoms with Crippen molar-refractivity contribution in [2.45, 2.75) is 13.3 Å². The number of rotatable bonds is 4. The Morgan fingerprint density at radius 2 is 2.14 bits per heavy atom. The molecule has 1 amide bonds. The van der Waals surface area contributed by atoms with Crippen molar-refractivity contribution in [2.75, 3.05) is 6.54 Å². The van der Waals surface area contributed by atoms with Crippen molar-refractivity contribution in [3.05, 3.63) is 47.5 Å². The van der Waals surface area contributed by atoms with Crippen LogP contribution in [0.5, 0.6) is 5.75 Å². The highest BCUT2D eigenvalue weighted by molar-refractivity contribution is 6.04. The molecule has 0 aliphatic rings. The first-order valence-electron chi connectivity index (χ1n) is 6.77. The molecule has 2 N–H and O–H groups in total. The molecule has 0 atom stereocenters. The Morgan fingerprint density at radius 3 is 2.86 bits per heavy atom. The van der Waals surface area contributed by atoms with Gasteiger partial charge in [0.05, 0.1) is 0 Å². The Bertz CT molecular complexity index is 742. The van der Waals surface area contributed by atoms with E-state index in [0.717, 1.165) is 17.2 Å². The van der Waals surface area contributed by atoms with E-state index in [2.05, 4.69) is 5.32 Å². The third kappa shape index (κ3) is 3.40. The van der Waals surface area contributed by atoms with Gasteiger partial charge < -0.3 is 10.4 Å². The molecule has 0 aromatic heterocycles. The lowest BCUT2D eigenvalue weighted by Crippen LogP contribution is -2.25. The van der Waals surface area contributed by atoms with Crippen LogP contribution in [0.2, 0.25) is 0 Å². The molecule has 106 valence electrons. The summed E-state index contributed by atoms with van der Waals surface area (Å²) in [5, 5.41) is 23.3. The Balaban J connectivity index is 2.48. The fourth-order valence-electron chi connectivity index (χ4n) is 2.08. The van der Waals surface area contributed by atoms with Gasteiger partial charge in [-0.25, -0.2) is 0 Å². The number of nitriles is 1. The summed E-state index contributed by atoms with van der Waals surface area (Å²) in [6, 6.07) is 12.6. The molecule has 0 unspecified atom stereocenters. The van der Waals surface area contributed by atoms with Gasteiger partial charge in [-0.15, -0.1) is 0 Å². The lowest BCUT2D eigenvalue weighted by atomic mass is 10.0. The van der Waals surface area contributed by atoms with Crippen LogP contribution < -0.4 is 5.32 Å². The number of carbonyl (C=O) groups is 1. The van der Waals surface area contributed by atoms with E-state index in [4.69, 9.17) is 5.26 Å². The number of benzene rings is 2. The number of amides is 1. The van der Waals surface area contributed by atoms with Gasteiger partial charge in [0, 0.05) is 6.54 Å². The second-order valence-corrected chi connectivity index (χ2v) is 4.68. The highest BCUT2D eigenvalue weighted by Crippen LogP contribution is 2.26. The molecule has 2 aromatic rings. The van der Waals surface area contributed by atoms with Gasteiger partial charge >= 0.3 is 0 Å². The first-order chi connectivity index (χ1) is 10.2. The molecule has 2 rings (SSSR count). The maximum Gasteiger partial charge on any atom is 0.261 e. The first kappa shape index (κ1) is 14.6. The van der Waals surface area contributed by atoms with Crippen LogP contribution in [-0.2, 0) is 4.79 Å². The predicted octanol–water partition coefficient (Wildman–Crippen LogP) is 2.98. The minimum absolute atomic E-state index is 0.0270. The van der Waals surface area contributed by atoms with E-state index in [1.54, 1.807) is 12.1 Å². The molecule has 0 bridgehead atoms. The van der Waals surface area contributed by atoms with Crippen molar-refractivity contribution in [3.63, 3.8) is 0 Å². The van der Waals surface area contributed by atoms with E-state index in [1.807, 2.05) is 37.3 Å². The maximum atomic E-state index is 11.9. The van der Waals surface area contributed by atoms with Gasteiger partial charge in [0.2, 0.25) is 0 Å². The maximum absolute atomic E-state index is 11.9. The van der Waals surface area contributed by atoms with Crippen molar-refractivity contribution in [2.24, 2.45) is 0 Å². The standard InChI is InChI=1S/C17H16N2O2/c1-2-7-19-17(21)14(11-18)8-13-10-15(20)9-12-5-3-4-6-16(12)13/h3-6,8-10,20H,2,7H2,1H3,(H,19,21)/b14-8+. The third-order valence-corrected chi connectivity index (χ3v) is 3.08. The van der Waals surface area contributed by atoms with Crippen LogP contribution in [0.1, 0.15) is 18.9 Å². The number of aromatic hydroxyl groups is 1.